The van der Waals surface area contributed by atoms with Gasteiger partial charge in [0.25, 0.3) is 0 Å². The second kappa shape index (κ2) is 4.72. The van der Waals surface area contributed by atoms with Crippen LogP contribution >= 0.6 is 0 Å². The number of methoxy groups -OCH3 is 1. The lowest BCUT2D eigenvalue weighted by atomic mass is 9.88. The van der Waals surface area contributed by atoms with Crippen LogP contribution in [0.3, 0.4) is 0 Å². The van der Waals surface area contributed by atoms with Gasteiger partial charge in [-0.1, -0.05) is 25.9 Å². The van der Waals surface area contributed by atoms with Crippen LogP contribution in [0.5, 0.6) is 0 Å². The van der Waals surface area contributed by atoms with E-state index < -0.39 is 17.0 Å². The number of carboxylic acid groups (broad SMARTS) is 1. The Morgan fingerprint density at radius 3 is 2.28 bits per heavy atom. The lowest BCUT2D eigenvalue weighted by Gasteiger charge is -2.21. The Morgan fingerprint density at radius 2 is 1.89 bits per heavy atom. The molecule has 0 radical (unpaired) electrons. The highest BCUT2D eigenvalue weighted by atomic mass is 16.5. The predicted molar refractivity (Wildman–Crippen MR) is 67.0 cm³/mol. The van der Waals surface area contributed by atoms with Gasteiger partial charge >= 0.3 is 5.97 Å². The van der Waals surface area contributed by atoms with Crippen molar-refractivity contribution in [1.82, 2.24) is 5.16 Å². The van der Waals surface area contributed by atoms with Crippen molar-refractivity contribution in [2.45, 2.75) is 52.1 Å². The number of ether oxygens (including phenoxy) is 1. The first-order valence-electron chi connectivity index (χ1n) is 5.86. The van der Waals surface area contributed by atoms with E-state index >= 15 is 0 Å². The molecule has 5 nitrogen and oxygen atoms in total. The fourth-order valence-electron chi connectivity index (χ4n) is 1.65. The molecule has 1 N–H and O–H groups in total. The molecule has 0 bridgehead atoms. The minimum atomic E-state index is -1.01. The van der Waals surface area contributed by atoms with Gasteiger partial charge in [0, 0.05) is 18.9 Å². The molecule has 1 aromatic heterocycles. The van der Waals surface area contributed by atoms with Crippen molar-refractivity contribution in [2.75, 3.05) is 7.11 Å². The maximum atomic E-state index is 11.4. The topological polar surface area (TPSA) is 72.6 Å². The molecular formula is C13H21NO4. The molecule has 0 saturated carbocycles. The van der Waals surface area contributed by atoms with Crippen LogP contribution in [0.2, 0.25) is 0 Å². The van der Waals surface area contributed by atoms with Gasteiger partial charge in [0.2, 0.25) is 0 Å². The smallest absolute Gasteiger partial charge is 0.341 e. The number of carbonyl (C=O) groups is 1. The molecule has 1 heterocycles. The second-order valence-corrected chi connectivity index (χ2v) is 6.03. The van der Waals surface area contributed by atoms with Gasteiger partial charge in [0.1, 0.15) is 11.3 Å². The van der Waals surface area contributed by atoms with Gasteiger partial charge in [-0.2, -0.15) is 0 Å². The molecule has 0 aliphatic heterocycles. The first-order valence-corrected chi connectivity index (χ1v) is 5.86. The van der Waals surface area contributed by atoms with Crippen LogP contribution in [0.25, 0.3) is 0 Å². The molecule has 0 aliphatic carbocycles. The maximum Gasteiger partial charge on any atom is 0.341 e. The van der Waals surface area contributed by atoms with Crippen molar-refractivity contribution in [3.05, 3.63) is 17.0 Å². The summed E-state index contributed by atoms with van der Waals surface area (Å²) < 4.78 is 10.5. The number of aromatic nitrogens is 1. The minimum Gasteiger partial charge on any atom is -0.477 e. The van der Waals surface area contributed by atoms with Crippen molar-refractivity contribution in [1.29, 1.82) is 0 Å². The molecule has 0 aromatic carbocycles. The zero-order valence-corrected chi connectivity index (χ0v) is 11.8. The number of carboxylic acids is 1. The highest BCUT2D eigenvalue weighted by Gasteiger charge is 2.33. The largest absolute Gasteiger partial charge is 0.477 e. The van der Waals surface area contributed by atoms with E-state index in [4.69, 9.17) is 9.26 Å². The monoisotopic (exact) mass is 255 g/mol. The van der Waals surface area contributed by atoms with Crippen LogP contribution in [-0.4, -0.2) is 28.9 Å². The molecule has 0 atom stereocenters. The molecule has 1 rings (SSSR count). The van der Waals surface area contributed by atoms with E-state index in [1.807, 2.05) is 34.6 Å². The van der Waals surface area contributed by atoms with Crippen LogP contribution in [0, 0.1) is 0 Å². The normalized spacial score (nSPS) is 12.8. The van der Waals surface area contributed by atoms with Gasteiger partial charge in [-0.25, -0.2) is 4.79 Å². The zero-order valence-electron chi connectivity index (χ0n) is 11.8. The van der Waals surface area contributed by atoms with Gasteiger partial charge < -0.3 is 14.4 Å². The SMILES string of the molecule is COC(C)(C)Cc1noc(C(C)(C)C)c1C(=O)O. The van der Waals surface area contributed by atoms with Gasteiger partial charge in [-0.3, -0.25) is 0 Å². The molecule has 0 unspecified atom stereocenters. The maximum absolute atomic E-state index is 11.4. The number of hydrogen-bond acceptors (Lipinski definition) is 4. The molecule has 0 spiro atoms. The van der Waals surface area contributed by atoms with E-state index in [-0.39, 0.29) is 5.56 Å². The number of hydrogen-bond donors (Lipinski definition) is 1. The molecule has 18 heavy (non-hydrogen) atoms. The summed E-state index contributed by atoms with van der Waals surface area (Å²) in [5.74, 6) is -0.611. The van der Waals surface area contributed by atoms with Crippen molar-refractivity contribution >= 4 is 5.97 Å². The average Bonchev–Trinajstić information content (AvgIpc) is 2.60. The third kappa shape index (κ3) is 3.10. The highest BCUT2D eigenvalue weighted by molar-refractivity contribution is 5.90. The van der Waals surface area contributed by atoms with E-state index in [0.717, 1.165) is 0 Å². The Hall–Kier alpha value is -1.36. The Balaban J connectivity index is 3.23. The Kier molecular flexibility index (Phi) is 3.86. The minimum absolute atomic E-state index is 0.160. The summed E-state index contributed by atoms with van der Waals surface area (Å²) >= 11 is 0. The fourth-order valence-corrected chi connectivity index (χ4v) is 1.65. The Bertz CT molecular complexity index is 440. The Morgan fingerprint density at radius 1 is 1.33 bits per heavy atom. The number of nitrogens with zero attached hydrogens (tertiary/aromatic N) is 1. The van der Waals surface area contributed by atoms with Gasteiger partial charge in [-0.05, 0) is 13.8 Å². The van der Waals surface area contributed by atoms with E-state index in [2.05, 4.69) is 5.16 Å². The lowest BCUT2D eigenvalue weighted by molar-refractivity contribution is 0.0216. The van der Waals surface area contributed by atoms with Crippen LogP contribution in [0.4, 0.5) is 0 Å². The third-order valence-electron chi connectivity index (χ3n) is 2.80. The zero-order chi connectivity index (χ0) is 14.1. The second-order valence-electron chi connectivity index (χ2n) is 6.03. The van der Waals surface area contributed by atoms with E-state index in [1.165, 1.54) is 0 Å². The number of rotatable bonds is 4. The van der Waals surface area contributed by atoms with Crippen molar-refractivity contribution in [3.63, 3.8) is 0 Å². The summed E-state index contributed by atoms with van der Waals surface area (Å²) in [6, 6.07) is 0. The van der Waals surface area contributed by atoms with E-state index in [9.17, 15) is 9.90 Å². The van der Waals surface area contributed by atoms with Crippen LogP contribution in [0.15, 0.2) is 4.52 Å². The van der Waals surface area contributed by atoms with Crippen molar-refractivity contribution in [2.24, 2.45) is 0 Å². The summed E-state index contributed by atoms with van der Waals surface area (Å²) in [6.45, 7) is 9.44. The summed E-state index contributed by atoms with van der Waals surface area (Å²) in [5.41, 5.74) is -0.279. The Labute approximate surface area is 107 Å². The summed E-state index contributed by atoms with van der Waals surface area (Å²) in [6.07, 6.45) is 0.394. The van der Waals surface area contributed by atoms with Gasteiger partial charge in [-0.15, -0.1) is 0 Å². The predicted octanol–water partition coefficient (Wildman–Crippen LogP) is 2.64. The average molecular weight is 255 g/mol. The molecule has 0 saturated heterocycles. The van der Waals surface area contributed by atoms with Crippen molar-refractivity contribution < 1.29 is 19.2 Å². The lowest BCUT2D eigenvalue weighted by Crippen LogP contribution is -2.27. The van der Waals surface area contributed by atoms with E-state index in [0.29, 0.717) is 17.9 Å². The molecule has 0 amide bonds. The summed E-state index contributed by atoms with van der Waals surface area (Å²) in [5, 5.41) is 13.2. The quantitative estimate of drug-likeness (QED) is 0.895. The van der Waals surface area contributed by atoms with Crippen LogP contribution in [-0.2, 0) is 16.6 Å². The molecule has 102 valence electrons. The molecule has 1 aromatic rings. The summed E-state index contributed by atoms with van der Waals surface area (Å²) in [7, 11) is 1.59. The molecule has 0 aliphatic rings. The van der Waals surface area contributed by atoms with Gasteiger partial charge in [0.05, 0.1) is 5.60 Å². The third-order valence-corrected chi connectivity index (χ3v) is 2.80. The van der Waals surface area contributed by atoms with Crippen LogP contribution in [0.1, 0.15) is 56.4 Å². The number of aromatic carboxylic acids is 1. The first-order chi connectivity index (χ1) is 8.08. The van der Waals surface area contributed by atoms with Crippen molar-refractivity contribution in [3.8, 4) is 0 Å². The molecule has 5 heteroatoms. The van der Waals surface area contributed by atoms with E-state index in [1.54, 1.807) is 7.11 Å². The highest BCUT2D eigenvalue weighted by Crippen LogP contribution is 2.30. The standard InChI is InChI=1S/C13H21NO4/c1-12(2,3)10-9(11(15)16)8(14-18-10)7-13(4,5)17-6/h7H2,1-6H3,(H,15,16). The summed E-state index contributed by atoms with van der Waals surface area (Å²) in [4.78, 5) is 11.4. The fraction of sp³-hybridized carbons (Fsp3) is 0.692. The molecular weight excluding hydrogens is 234 g/mol. The molecule has 0 fully saturated rings. The first kappa shape index (κ1) is 14.7. The van der Waals surface area contributed by atoms with Crippen LogP contribution < -0.4 is 0 Å². The van der Waals surface area contributed by atoms with Gasteiger partial charge in [0.15, 0.2) is 5.76 Å².